The minimum Gasteiger partial charge on any atom is -0.271 e. The van der Waals surface area contributed by atoms with Crippen molar-refractivity contribution in [3.05, 3.63) is 48.0 Å². The molecule has 2 rings (SSSR count). The van der Waals surface area contributed by atoms with Crippen molar-refractivity contribution in [1.82, 2.24) is 5.43 Å². The second kappa shape index (κ2) is 4.91. The molecule has 2 heteroatoms. The lowest BCUT2D eigenvalue weighted by Crippen LogP contribution is -2.23. The highest BCUT2D eigenvalue weighted by Gasteiger charge is 1.98. The van der Waals surface area contributed by atoms with Crippen molar-refractivity contribution in [3.63, 3.8) is 0 Å². The molecule has 2 aromatic carbocycles. The molecule has 0 fully saturated rings. The Morgan fingerprint density at radius 1 is 1.00 bits per heavy atom. The third-order valence-electron chi connectivity index (χ3n) is 2.65. The number of fused-ring (bicyclic) bond motifs is 1. The maximum Gasteiger partial charge on any atom is 0.0101 e. The van der Waals surface area contributed by atoms with Gasteiger partial charge in [0.05, 0.1) is 0 Å². The van der Waals surface area contributed by atoms with Crippen LogP contribution >= 0.6 is 0 Å². The molecule has 0 heterocycles. The van der Waals surface area contributed by atoms with Crippen molar-refractivity contribution in [2.75, 3.05) is 6.54 Å². The maximum atomic E-state index is 5.26. The van der Waals surface area contributed by atoms with Gasteiger partial charge in [-0.05, 0) is 29.2 Å². The third kappa shape index (κ3) is 2.35. The fraction of sp³-hybridized carbons (Fsp3) is 0.231. The van der Waals surface area contributed by atoms with Gasteiger partial charge < -0.3 is 0 Å². The van der Waals surface area contributed by atoms with Crippen LogP contribution in [0.4, 0.5) is 0 Å². The Kier molecular flexibility index (Phi) is 3.33. The molecular formula is C13H16N2. The van der Waals surface area contributed by atoms with E-state index in [0.29, 0.717) is 0 Å². The van der Waals surface area contributed by atoms with Gasteiger partial charge in [0.25, 0.3) is 0 Å². The molecule has 0 saturated carbocycles. The van der Waals surface area contributed by atoms with Gasteiger partial charge in [0.15, 0.2) is 0 Å². The van der Waals surface area contributed by atoms with Crippen LogP contribution in [0.15, 0.2) is 42.5 Å². The van der Waals surface area contributed by atoms with Crippen LogP contribution < -0.4 is 11.3 Å². The third-order valence-corrected chi connectivity index (χ3v) is 2.65. The van der Waals surface area contributed by atoms with Gasteiger partial charge in [0, 0.05) is 6.54 Å². The molecule has 0 aliphatic carbocycles. The Labute approximate surface area is 90.1 Å². The molecule has 0 atom stereocenters. The highest BCUT2D eigenvalue weighted by molar-refractivity contribution is 5.85. The van der Waals surface area contributed by atoms with E-state index in [1.165, 1.54) is 16.3 Å². The average Bonchev–Trinajstić information content (AvgIpc) is 2.30. The topological polar surface area (TPSA) is 38.0 Å². The molecule has 0 bridgehead atoms. The smallest absolute Gasteiger partial charge is 0.0101 e. The number of aryl methyl sites for hydroxylation is 1. The van der Waals surface area contributed by atoms with Gasteiger partial charge in [0.1, 0.15) is 0 Å². The Bertz CT molecular complexity index is 432. The number of hydrazine groups is 1. The molecule has 78 valence electrons. The predicted molar refractivity (Wildman–Crippen MR) is 64.5 cm³/mol. The highest BCUT2D eigenvalue weighted by Crippen LogP contribution is 2.19. The average molecular weight is 200 g/mol. The summed E-state index contributed by atoms with van der Waals surface area (Å²) < 4.78 is 0. The number of hydrogen-bond donors (Lipinski definition) is 2. The largest absolute Gasteiger partial charge is 0.271 e. The number of benzene rings is 2. The second-order valence-corrected chi connectivity index (χ2v) is 3.70. The molecule has 0 radical (unpaired) electrons. The van der Waals surface area contributed by atoms with Gasteiger partial charge in [-0.25, -0.2) is 0 Å². The first kappa shape index (κ1) is 10.1. The Balaban J connectivity index is 2.26. The summed E-state index contributed by atoms with van der Waals surface area (Å²) in [5.41, 5.74) is 4.09. The van der Waals surface area contributed by atoms with Crippen LogP contribution in [0.3, 0.4) is 0 Å². The normalized spacial score (nSPS) is 10.7. The number of rotatable bonds is 4. The molecule has 15 heavy (non-hydrogen) atoms. The van der Waals surface area contributed by atoms with E-state index in [1.54, 1.807) is 0 Å². The van der Waals surface area contributed by atoms with Gasteiger partial charge in [-0.1, -0.05) is 42.5 Å². The summed E-state index contributed by atoms with van der Waals surface area (Å²) in [5.74, 6) is 5.26. The molecule has 0 aliphatic heterocycles. The zero-order valence-electron chi connectivity index (χ0n) is 8.74. The van der Waals surface area contributed by atoms with Crippen LogP contribution in [0.2, 0.25) is 0 Å². The molecule has 0 aliphatic rings. The van der Waals surface area contributed by atoms with Crippen LogP contribution in [0, 0.1) is 0 Å². The summed E-state index contributed by atoms with van der Waals surface area (Å²) in [6.07, 6.45) is 2.15. The molecule has 0 amide bonds. The van der Waals surface area contributed by atoms with Crippen molar-refractivity contribution in [2.45, 2.75) is 12.8 Å². The number of nitrogens with two attached hydrogens (primary N) is 1. The van der Waals surface area contributed by atoms with E-state index in [4.69, 9.17) is 5.84 Å². The van der Waals surface area contributed by atoms with Crippen LogP contribution in [0.25, 0.3) is 10.8 Å². The summed E-state index contributed by atoms with van der Waals surface area (Å²) in [6.45, 7) is 0.864. The SMILES string of the molecule is NNCCCc1cccc2ccccc12. The van der Waals surface area contributed by atoms with Crippen molar-refractivity contribution in [2.24, 2.45) is 5.84 Å². The minimum absolute atomic E-state index is 0.864. The van der Waals surface area contributed by atoms with Crippen molar-refractivity contribution in [3.8, 4) is 0 Å². The molecule has 3 N–H and O–H groups in total. The molecule has 2 aromatic rings. The molecular weight excluding hydrogens is 184 g/mol. The van der Waals surface area contributed by atoms with Gasteiger partial charge >= 0.3 is 0 Å². The monoisotopic (exact) mass is 200 g/mol. The summed E-state index contributed by atoms with van der Waals surface area (Å²) in [4.78, 5) is 0. The van der Waals surface area contributed by atoms with Crippen molar-refractivity contribution < 1.29 is 0 Å². The Hall–Kier alpha value is -1.38. The lowest BCUT2D eigenvalue weighted by Gasteiger charge is -2.05. The maximum absolute atomic E-state index is 5.26. The van der Waals surface area contributed by atoms with Crippen LogP contribution in [0.5, 0.6) is 0 Å². The van der Waals surface area contributed by atoms with Crippen molar-refractivity contribution in [1.29, 1.82) is 0 Å². The lowest BCUT2D eigenvalue weighted by molar-refractivity contribution is 0.681. The standard InChI is InChI=1S/C13H16N2/c14-15-10-4-8-12-7-3-6-11-5-1-2-9-13(11)12/h1-3,5-7,9,15H,4,8,10,14H2. The molecule has 0 spiro atoms. The minimum atomic E-state index is 0.864. The van der Waals surface area contributed by atoms with E-state index in [9.17, 15) is 0 Å². The van der Waals surface area contributed by atoms with E-state index < -0.39 is 0 Å². The predicted octanol–water partition coefficient (Wildman–Crippen LogP) is 2.24. The first-order valence-corrected chi connectivity index (χ1v) is 5.32. The zero-order valence-corrected chi connectivity index (χ0v) is 8.74. The van der Waals surface area contributed by atoms with E-state index >= 15 is 0 Å². The van der Waals surface area contributed by atoms with E-state index in [-0.39, 0.29) is 0 Å². The summed E-state index contributed by atoms with van der Waals surface area (Å²) in [5, 5.41) is 2.67. The Morgan fingerprint density at radius 2 is 1.80 bits per heavy atom. The molecule has 2 nitrogen and oxygen atoms in total. The molecule has 0 aromatic heterocycles. The van der Waals surface area contributed by atoms with E-state index in [0.717, 1.165) is 19.4 Å². The highest BCUT2D eigenvalue weighted by atomic mass is 15.2. The summed E-state index contributed by atoms with van der Waals surface area (Å²) in [6, 6.07) is 15.0. The fourth-order valence-electron chi connectivity index (χ4n) is 1.89. The first-order chi connectivity index (χ1) is 7.42. The molecule has 0 unspecified atom stereocenters. The number of hydrogen-bond acceptors (Lipinski definition) is 2. The Morgan fingerprint density at radius 3 is 2.67 bits per heavy atom. The van der Waals surface area contributed by atoms with E-state index in [1.807, 2.05) is 0 Å². The summed E-state index contributed by atoms with van der Waals surface area (Å²) in [7, 11) is 0. The number of nitrogens with one attached hydrogen (secondary N) is 1. The fourth-order valence-corrected chi connectivity index (χ4v) is 1.89. The van der Waals surface area contributed by atoms with Gasteiger partial charge in [-0.15, -0.1) is 0 Å². The lowest BCUT2D eigenvalue weighted by atomic mass is 10.0. The van der Waals surface area contributed by atoms with Crippen LogP contribution in [-0.2, 0) is 6.42 Å². The van der Waals surface area contributed by atoms with Crippen molar-refractivity contribution >= 4 is 10.8 Å². The zero-order chi connectivity index (χ0) is 10.5. The second-order valence-electron chi connectivity index (χ2n) is 3.70. The quantitative estimate of drug-likeness (QED) is 0.451. The van der Waals surface area contributed by atoms with Crippen LogP contribution in [0.1, 0.15) is 12.0 Å². The van der Waals surface area contributed by atoms with Crippen LogP contribution in [-0.4, -0.2) is 6.54 Å². The summed E-state index contributed by atoms with van der Waals surface area (Å²) >= 11 is 0. The van der Waals surface area contributed by atoms with Gasteiger partial charge in [0.2, 0.25) is 0 Å². The van der Waals surface area contributed by atoms with Gasteiger partial charge in [-0.3, -0.25) is 11.3 Å². The van der Waals surface area contributed by atoms with Gasteiger partial charge in [-0.2, -0.15) is 0 Å². The molecule has 0 saturated heterocycles. The first-order valence-electron chi connectivity index (χ1n) is 5.32. The van der Waals surface area contributed by atoms with E-state index in [2.05, 4.69) is 47.9 Å².